The summed E-state index contributed by atoms with van der Waals surface area (Å²) in [6, 6.07) is 1.39. The third-order valence-corrected chi connectivity index (χ3v) is 3.46. The van der Waals surface area contributed by atoms with Crippen LogP contribution in [0.4, 0.5) is 4.79 Å². The van der Waals surface area contributed by atoms with Gasteiger partial charge < -0.3 is 10.2 Å². The molecule has 0 spiro atoms. The number of imide groups is 1. The Hall–Kier alpha value is -2.38. The van der Waals surface area contributed by atoms with Crippen molar-refractivity contribution in [3.63, 3.8) is 0 Å². The number of likely N-dealkylation sites (N-methyl/N-ethyl adjacent to an activating group) is 1. The molecular formula is C14H21N5O3. The summed E-state index contributed by atoms with van der Waals surface area (Å²) in [5, 5.41) is 9.53. The Morgan fingerprint density at radius 1 is 1.41 bits per heavy atom. The number of urea groups is 1. The van der Waals surface area contributed by atoms with E-state index in [1.54, 1.807) is 7.05 Å². The first-order chi connectivity index (χ1) is 10.2. The van der Waals surface area contributed by atoms with Crippen LogP contribution in [0.1, 0.15) is 32.2 Å². The van der Waals surface area contributed by atoms with Crippen LogP contribution in [0.2, 0.25) is 0 Å². The smallest absolute Gasteiger partial charge is 0.325 e. The number of amides is 4. The van der Waals surface area contributed by atoms with Crippen LogP contribution >= 0.6 is 0 Å². The van der Waals surface area contributed by atoms with E-state index in [9.17, 15) is 14.4 Å². The van der Waals surface area contributed by atoms with Crippen LogP contribution in [0, 0.1) is 0 Å². The van der Waals surface area contributed by atoms with Gasteiger partial charge in [-0.3, -0.25) is 19.6 Å². The Morgan fingerprint density at radius 2 is 2.09 bits per heavy atom. The van der Waals surface area contributed by atoms with Gasteiger partial charge in [-0.05, 0) is 6.07 Å². The summed E-state index contributed by atoms with van der Waals surface area (Å²) in [4.78, 5) is 37.4. The van der Waals surface area contributed by atoms with Gasteiger partial charge in [0, 0.05) is 12.5 Å². The lowest BCUT2D eigenvalue weighted by atomic mass is 9.92. The molecule has 0 radical (unpaired) electrons. The maximum Gasteiger partial charge on any atom is 0.325 e. The van der Waals surface area contributed by atoms with Gasteiger partial charge in [-0.2, -0.15) is 5.10 Å². The summed E-state index contributed by atoms with van der Waals surface area (Å²) < 4.78 is 0. The van der Waals surface area contributed by atoms with Gasteiger partial charge in [0.15, 0.2) is 0 Å². The van der Waals surface area contributed by atoms with Crippen molar-refractivity contribution in [1.29, 1.82) is 0 Å². The summed E-state index contributed by atoms with van der Waals surface area (Å²) in [6.07, 6.45) is 0. The second kappa shape index (κ2) is 5.78. The first kappa shape index (κ1) is 16.0. The third kappa shape index (κ3) is 3.44. The number of nitrogens with zero attached hydrogens (tertiary/aromatic N) is 3. The minimum Gasteiger partial charge on any atom is -0.338 e. The molecule has 0 unspecified atom stereocenters. The van der Waals surface area contributed by atoms with Gasteiger partial charge in [0.05, 0.1) is 24.5 Å². The second-order valence-corrected chi connectivity index (χ2v) is 6.42. The fourth-order valence-corrected chi connectivity index (χ4v) is 2.04. The van der Waals surface area contributed by atoms with E-state index in [0.29, 0.717) is 6.54 Å². The van der Waals surface area contributed by atoms with Crippen molar-refractivity contribution in [3.05, 3.63) is 17.5 Å². The quantitative estimate of drug-likeness (QED) is 0.777. The van der Waals surface area contributed by atoms with Gasteiger partial charge in [0.2, 0.25) is 5.91 Å². The standard InChI is InChI=1S/C14H21N5O3/c1-14(2,3)10-5-9(16-17-10)7-18(4)12(21)8-19-11(20)6-15-13(19)22/h5H,6-8H2,1-4H3,(H,15,22)(H,16,17). The van der Waals surface area contributed by atoms with Crippen molar-refractivity contribution in [2.45, 2.75) is 32.7 Å². The number of carbonyl (C=O) groups excluding carboxylic acids is 3. The van der Waals surface area contributed by atoms with Crippen LogP contribution in [0.15, 0.2) is 6.07 Å². The normalized spacial score (nSPS) is 15.2. The van der Waals surface area contributed by atoms with Crippen LogP contribution in [-0.4, -0.2) is 58.0 Å². The number of rotatable bonds is 4. The van der Waals surface area contributed by atoms with Crippen molar-refractivity contribution in [2.75, 3.05) is 20.1 Å². The van der Waals surface area contributed by atoms with Gasteiger partial charge in [-0.25, -0.2) is 4.79 Å². The average Bonchev–Trinajstić information content (AvgIpc) is 3.00. The van der Waals surface area contributed by atoms with E-state index in [0.717, 1.165) is 16.3 Å². The summed E-state index contributed by atoms with van der Waals surface area (Å²) in [5.74, 6) is -0.694. The maximum absolute atomic E-state index is 12.1. The molecule has 2 rings (SSSR count). The Bertz CT molecular complexity index is 586. The molecule has 0 aromatic carbocycles. The average molecular weight is 307 g/mol. The monoisotopic (exact) mass is 307 g/mol. The van der Waals surface area contributed by atoms with E-state index in [1.807, 2.05) is 6.07 Å². The molecule has 1 aliphatic rings. The largest absolute Gasteiger partial charge is 0.338 e. The molecule has 1 fully saturated rings. The number of hydrogen-bond donors (Lipinski definition) is 2. The van der Waals surface area contributed by atoms with Crippen molar-refractivity contribution < 1.29 is 14.4 Å². The molecule has 1 aromatic heterocycles. The van der Waals surface area contributed by atoms with Gasteiger partial charge in [-0.1, -0.05) is 20.8 Å². The summed E-state index contributed by atoms with van der Waals surface area (Å²) in [5.41, 5.74) is 1.65. The van der Waals surface area contributed by atoms with Gasteiger partial charge >= 0.3 is 6.03 Å². The molecule has 0 aliphatic carbocycles. The van der Waals surface area contributed by atoms with E-state index < -0.39 is 6.03 Å². The molecule has 8 heteroatoms. The lowest BCUT2D eigenvalue weighted by Crippen LogP contribution is -2.41. The molecule has 4 amide bonds. The minimum absolute atomic E-state index is 0.0503. The van der Waals surface area contributed by atoms with E-state index in [-0.39, 0.29) is 30.3 Å². The highest BCUT2D eigenvalue weighted by atomic mass is 16.2. The molecule has 1 aromatic rings. The molecule has 0 atom stereocenters. The minimum atomic E-state index is -0.525. The summed E-state index contributed by atoms with van der Waals surface area (Å²) in [6.45, 7) is 6.20. The lowest BCUT2D eigenvalue weighted by molar-refractivity contribution is -0.135. The SMILES string of the molecule is CN(Cc1cc(C(C)(C)C)n[nH]1)C(=O)CN1C(=O)CNC1=O. The van der Waals surface area contributed by atoms with Crippen LogP contribution in [0.3, 0.4) is 0 Å². The maximum atomic E-state index is 12.1. The van der Waals surface area contributed by atoms with Crippen molar-refractivity contribution in [1.82, 2.24) is 25.3 Å². The van der Waals surface area contributed by atoms with Crippen LogP contribution in [0.5, 0.6) is 0 Å². The number of nitrogens with one attached hydrogen (secondary N) is 2. The van der Waals surface area contributed by atoms with Crippen molar-refractivity contribution >= 4 is 17.8 Å². The second-order valence-electron chi connectivity index (χ2n) is 6.42. The number of H-pyrrole nitrogens is 1. The number of aromatic amines is 1. The fourth-order valence-electron chi connectivity index (χ4n) is 2.04. The highest BCUT2D eigenvalue weighted by molar-refractivity contribution is 6.04. The molecule has 120 valence electrons. The molecule has 8 nitrogen and oxygen atoms in total. The van der Waals surface area contributed by atoms with Gasteiger partial charge in [-0.15, -0.1) is 0 Å². The fraction of sp³-hybridized carbons (Fsp3) is 0.571. The van der Waals surface area contributed by atoms with Crippen LogP contribution in [-0.2, 0) is 21.5 Å². The summed E-state index contributed by atoms with van der Waals surface area (Å²) >= 11 is 0. The van der Waals surface area contributed by atoms with Crippen molar-refractivity contribution in [3.8, 4) is 0 Å². The summed E-state index contributed by atoms with van der Waals surface area (Å²) in [7, 11) is 1.62. The van der Waals surface area contributed by atoms with E-state index in [1.165, 1.54) is 4.90 Å². The number of hydrogen-bond acceptors (Lipinski definition) is 4. The first-order valence-electron chi connectivity index (χ1n) is 7.05. The highest BCUT2D eigenvalue weighted by Gasteiger charge is 2.31. The first-order valence-corrected chi connectivity index (χ1v) is 7.05. The molecule has 1 aliphatic heterocycles. The molecule has 2 heterocycles. The zero-order valence-corrected chi connectivity index (χ0v) is 13.3. The van der Waals surface area contributed by atoms with E-state index in [4.69, 9.17) is 0 Å². The zero-order valence-electron chi connectivity index (χ0n) is 13.3. The zero-order chi connectivity index (χ0) is 16.5. The molecule has 22 heavy (non-hydrogen) atoms. The predicted octanol–water partition coefficient (Wildman–Crippen LogP) is 0.217. The Morgan fingerprint density at radius 3 is 2.59 bits per heavy atom. The number of carbonyl (C=O) groups is 3. The molecule has 2 N–H and O–H groups in total. The van der Waals surface area contributed by atoms with Gasteiger partial charge in [0.25, 0.3) is 5.91 Å². The van der Waals surface area contributed by atoms with Crippen LogP contribution < -0.4 is 5.32 Å². The third-order valence-electron chi connectivity index (χ3n) is 3.46. The van der Waals surface area contributed by atoms with E-state index in [2.05, 4.69) is 36.3 Å². The van der Waals surface area contributed by atoms with Crippen molar-refractivity contribution in [2.24, 2.45) is 0 Å². The Balaban J connectivity index is 1.95. The number of aromatic nitrogens is 2. The lowest BCUT2D eigenvalue weighted by Gasteiger charge is -2.19. The van der Waals surface area contributed by atoms with Crippen LogP contribution in [0.25, 0.3) is 0 Å². The predicted molar refractivity (Wildman–Crippen MR) is 78.9 cm³/mol. The molecule has 0 saturated carbocycles. The Kier molecular flexibility index (Phi) is 4.20. The van der Waals surface area contributed by atoms with Gasteiger partial charge in [0.1, 0.15) is 6.54 Å². The topological polar surface area (TPSA) is 98.4 Å². The Labute approximate surface area is 128 Å². The highest BCUT2D eigenvalue weighted by Crippen LogP contribution is 2.20. The van der Waals surface area contributed by atoms with E-state index >= 15 is 0 Å². The molecular weight excluding hydrogens is 286 g/mol. The molecule has 0 bridgehead atoms. The molecule has 1 saturated heterocycles.